The number of hydrogen-bond donors (Lipinski definition) is 2. The summed E-state index contributed by atoms with van der Waals surface area (Å²) >= 11 is 0. The maximum absolute atomic E-state index is 10.9. The van der Waals surface area contributed by atoms with Gasteiger partial charge < -0.3 is 15.2 Å². The molecule has 0 aliphatic rings. The van der Waals surface area contributed by atoms with E-state index in [1.807, 2.05) is 13.1 Å². The normalized spacial score (nSPS) is 10.0. The standard InChI is InChI=1S/C9H15N3O3/c1-12-8(3-5-11-12)2-4-10-9(14)15-7-6-13/h3,5,13H,2,4,6-7H2,1H3,(H,10,14). The fraction of sp³-hybridized carbons (Fsp3) is 0.556. The first-order chi connectivity index (χ1) is 7.24. The fourth-order valence-electron chi connectivity index (χ4n) is 1.13. The first-order valence-electron chi connectivity index (χ1n) is 4.72. The molecule has 1 heterocycles. The van der Waals surface area contributed by atoms with Gasteiger partial charge in [0, 0.05) is 31.9 Å². The molecule has 0 atom stereocenters. The number of carbonyl (C=O) groups is 1. The maximum atomic E-state index is 10.9. The largest absolute Gasteiger partial charge is 0.447 e. The van der Waals surface area contributed by atoms with Crippen LogP contribution in [0.5, 0.6) is 0 Å². The molecule has 1 rings (SSSR count). The summed E-state index contributed by atoms with van der Waals surface area (Å²) in [5.41, 5.74) is 1.04. The second-order valence-electron chi connectivity index (χ2n) is 2.98. The molecule has 0 aliphatic carbocycles. The number of carbonyl (C=O) groups excluding carboxylic acids is 1. The lowest BCUT2D eigenvalue weighted by Gasteiger charge is -2.05. The minimum absolute atomic E-state index is 0.0253. The van der Waals surface area contributed by atoms with Gasteiger partial charge in [0.05, 0.1) is 6.61 Å². The quantitative estimate of drug-likeness (QED) is 0.703. The number of alkyl carbamates (subject to hydrolysis) is 1. The van der Waals surface area contributed by atoms with Crippen LogP contribution in [0.1, 0.15) is 5.69 Å². The lowest BCUT2D eigenvalue weighted by Crippen LogP contribution is -2.27. The summed E-state index contributed by atoms with van der Waals surface area (Å²) in [6, 6.07) is 1.89. The Kier molecular flexibility index (Phi) is 4.62. The lowest BCUT2D eigenvalue weighted by atomic mass is 10.3. The van der Waals surface area contributed by atoms with E-state index < -0.39 is 6.09 Å². The summed E-state index contributed by atoms with van der Waals surface area (Å²) in [4.78, 5) is 10.9. The third-order valence-electron chi connectivity index (χ3n) is 1.90. The van der Waals surface area contributed by atoms with Crippen LogP contribution in [0.4, 0.5) is 4.79 Å². The molecule has 1 aromatic heterocycles. The van der Waals surface area contributed by atoms with E-state index in [2.05, 4.69) is 15.2 Å². The van der Waals surface area contributed by atoms with E-state index in [9.17, 15) is 4.79 Å². The number of hydrogen-bond acceptors (Lipinski definition) is 4. The van der Waals surface area contributed by atoms with Crippen molar-refractivity contribution < 1.29 is 14.6 Å². The molecule has 2 N–H and O–H groups in total. The highest BCUT2D eigenvalue weighted by Crippen LogP contribution is 1.95. The van der Waals surface area contributed by atoms with Crippen LogP contribution in [0, 0.1) is 0 Å². The van der Waals surface area contributed by atoms with E-state index in [-0.39, 0.29) is 13.2 Å². The van der Waals surface area contributed by atoms with Crippen molar-refractivity contribution in [2.45, 2.75) is 6.42 Å². The summed E-state index contributed by atoms with van der Waals surface area (Å²) in [6.45, 7) is 0.358. The smallest absolute Gasteiger partial charge is 0.407 e. The van der Waals surface area contributed by atoms with Gasteiger partial charge in [-0.1, -0.05) is 0 Å². The summed E-state index contributed by atoms with van der Waals surface area (Å²) in [5, 5.41) is 15.0. The molecule has 0 bridgehead atoms. The van der Waals surface area contributed by atoms with E-state index in [1.165, 1.54) is 0 Å². The van der Waals surface area contributed by atoms with Gasteiger partial charge in [-0.05, 0) is 6.07 Å². The van der Waals surface area contributed by atoms with Crippen LogP contribution in [0.3, 0.4) is 0 Å². The molecule has 0 fully saturated rings. The van der Waals surface area contributed by atoms with Crippen molar-refractivity contribution in [1.29, 1.82) is 0 Å². The molecule has 0 aromatic carbocycles. The van der Waals surface area contributed by atoms with Crippen LogP contribution in [-0.2, 0) is 18.2 Å². The predicted molar refractivity (Wildman–Crippen MR) is 53.3 cm³/mol. The first-order valence-corrected chi connectivity index (χ1v) is 4.72. The van der Waals surface area contributed by atoms with E-state index in [4.69, 9.17) is 5.11 Å². The van der Waals surface area contributed by atoms with Gasteiger partial charge in [-0.25, -0.2) is 4.79 Å². The number of rotatable bonds is 5. The van der Waals surface area contributed by atoms with Gasteiger partial charge in [-0.2, -0.15) is 5.10 Å². The minimum atomic E-state index is -0.508. The summed E-state index contributed by atoms with van der Waals surface area (Å²) in [6.07, 6.45) is 1.90. The Morgan fingerprint density at radius 2 is 2.53 bits per heavy atom. The highest BCUT2D eigenvalue weighted by molar-refractivity contribution is 5.67. The number of amides is 1. The zero-order valence-corrected chi connectivity index (χ0v) is 8.64. The molecule has 1 amide bonds. The Morgan fingerprint density at radius 3 is 3.13 bits per heavy atom. The monoisotopic (exact) mass is 213 g/mol. The van der Waals surface area contributed by atoms with Crippen molar-refractivity contribution in [2.75, 3.05) is 19.8 Å². The second-order valence-corrected chi connectivity index (χ2v) is 2.98. The van der Waals surface area contributed by atoms with Crippen molar-refractivity contribution >= 4 is 6.09 Å². The maximum Gasteiger partial charge on any atom is 0.407 e. The second kappa shape index (κ2) is 6.02. The van der Waals surface area contributed by atoms with Gasteiger partial charge in [0.1, 0.15) is 6.61 Å². The third-order valence-corrected chi connectivity index (χ3v) is 1.90. The molecular formula is C9H15N3O3. The number of aliphatic hydroxyl groups is 1. The van der Waals surface area contributed by atoms with Crippen LogP contribution >= 0.6 is 0 Å². The summed E-state index contributed by atoms with van der Waals surface area (Å²) in [7, 11) is 1.85. The molecule has 0 unspecified atom stereocenters. The third kappa shape index (κ3) is 3.99. The van der Waals surface area contributed by atoms with E-state index in [1.54, 1.807) is 10.9 Å². The van der Waals surface area contributed by atoms with E-state index in [0.717, 1.165) is 5.69 Å². The first kappa shape index (κ1) is 11.5. The molecular weight excluding hydrogens is 198 g/mol. The SMILES string of the molecule is Cn1nccc1CCNC(=O)OCCO. The van der Waals surface area contributed by atoms with Crippen LogP contribution in [0.15, 0.2) is 12.3 Å². The van der Waals surface area contributed by atoms with Gasteiger partial charge in [-0.3, -0.25) is 4.68 Å². The van der Waals surface area contributed by atoms with Crippen LogP contribution in [0.25, 0.3) is 0 Å². The molecule has 0 aliphatic heterocycles. The van der Waals surface area contributed by atoms with E-state index in [0.29, 0.717) is 13.0 Å². The molecule has 1 aromatic rings. The molecule has 6 heteroatoms. The van der Waals surface area contributed by atoms with Crippen molar-refractivity contribution in [2.24, 2.45) is 7.05 Å². The zero-order chi connectivity index (χ0) is 11.1. The lowest BCUT2D eigenvalue weighted by molar-refractivity contribution is 0.119. The Balaban J connectivity index is 2.16. The predicted octanol–water partition coefficient (Wildman–Crippen LogP) is -0.319. The Hall–Kier alpha value is -1.56. The highest BCUT2D eigenvalue weighted by atomic mass is 16.6. The number of aliphatic hydroxyl groups excluding tert-OH is 1. The van der Waals surface area contributed by atoms with Crippen molar-refractivity contribution in [3.05, 3.63) is 18.0 Å². The number of ether oxygens (including phenoxy) is 1. The zero-order valence-electron chi connectivity index (χ0n) is 8.64. The Labute approximate surface area is 87.8 Å². The van der Waals surface area contributed by atoms with Gasteiger partial charge >= 0.3 is 6.09 Å². The van der Waals surface area contributed by atoms with Gasteiger partial charge in [0.15, 0.2) is 0 Å². The number of nitrogens with one attached hydrogen (secondary N) is 1. The molecule has 0 spiro atoms. The van der Waals surface area contributed by atoms with Crippen molar-refractivity contribution in [1.82, 2.24) is 15.1 Å². The topological polar surface area (TPSA) is 76.4 Å². The van der Waals surface area contributed by atoms with Crippen molar-refractivity contribution in [3.63, 3.8) is 0 Å². The van der Waals surface area contributed by atoms with Gasteiger partial charge in [0.25, 0.3) is 0 Å². The van der Waals surface area contributed by atoms with Crippen LogP contribution < -0.4 is 5.32 Å². The van der Waals surface area contributed by atoms with E-state index >= 15 is 0 Å². The molecule has 0 saturated heterocycles. The molecule has 84 valence electrons. The van der Waals surface area contributed by atoms with Gasteiger partial charge in [0.2, 0.25) is 0 Å². The minimum Gasteiger partial charge on any atom is -0.447 e. The van der Waals surface area contributed by atoms with Gasteiger partial charge in [-0.15, -0.1) is 0 Å². The number of aromatic nitrogens is 2. The summed E-state index contributed by atoms with van der Waals surface area (Å²) < 4.78 is 6.37. The average Bonchev–Trinajstić information content (AvgIpc) is 2.61. The van der Waals surface area contributed by atoms with Crippen LogP contribution in [-0.4, -0.2) is 40.7 Å². The Morgan fingerprint density at radius 1 is 1.73 bits per heavy atom. The Bertz CT molecular complexity index is 311. The molecule has 0 saturated carbocycles. The number of aryl methyl sites for hydroxylation is 1. The van der Waals surface area contributed by atoms with Crippen LogP contribution in [0.2, 0.25) is 0 Å². The fourth-order valence-corrected chi connectivity index (χ4v) is 1.13. The van der Waals surface area contributed by atoms with Crippen molar-refractivity contribution in [3.8, 4) is 0 Å². The molecule has 15 heavy (non-hydrogen) atoms. The summed E-state index contributed by atoms with van der Waals surface area (Å²) in [5.74, 6) is 0. The average molecular weight is 213 g/mol. The molecule has 0 radical (unpaired) electrons. The number of nitrogens with zero attached hydrogens (tertiary/aromatic N) is 2. The molecule has 6 nitrogen and oxygen atoms in total. The highest BCUT2D eigenvalue weighted by Gasteiger charge is 2.02.